The fourth-order valence-electron chi connectivity index (χ4n) is 2.60. The van der Waals surface area contributed by atoms with Gasteiger partial charge in [0.15, 0.2) is 0 Å². The fraction of sp³-hybridized carbons (Fsp3) is 0.545. The summed E-state index contributed by atoms with van der Waals surface area (Å²) in [4.78, 5) is 4.45. The van der Waals surface area contributed by atoms with Crippen LogP contribution in [-0.2, 0) is 11.3 Å². The van der Waals surface area contributed by atoms with Gasteiger partial charge in [0.2, 0.25) is 0 Å². The summed E-state index contributed by atoms with van der Waals surface area (Å²) in [5, 5.41) is 0. The molecule has 3 heteroatoms. The van der Waals surface area contributed by atoms with E-state index in [1.54, 1.807) is 0 Å². The van der Waals surface area contributed by atoms with Gasteiger partial charge in [0, 0.05) is 5.92 Å². The Morgan fingerprint density at radius 2 is 2.29 bits per heavy atom. The van der Waals surface area contributed by atoms with Crippen molar-refractivity contribution in [2.75, 3.05) is 5.73 Å². The molecule has 14 heavy (non-hydrogen) atoms. The van der Waals surface area contributed by atoms with Gasteiger partial charge in [0.05, 0.1) is 18.4 Å². The number of aromatic nitrogens is 1. The van der Waals surface area contributed by atoms with Gasteiger partial charge in [-0.25, -0.2) is 4.98 Å². The van der Waals surface area contributed by atoms with Crippen LogP contribution >= 0.6 is 0 Å². The lowest BCUT2D eigenvalue weighted by molar-refractivity contribution is 0.0193. The SMILES string of the molecule is Nc1ccc2c(n1)[C@@H]1CCC[C@@H]1OC2. The van der Waals surface area contributed by atoms with Crippen LogP contribution < -0.4 is 5.73 Å². The average Bonchev–Trinajstić information content (AvgIpc) is 2.65. The quantitative estimate of drug-likeness (QED) is 0.679. The van der Waals surface area contributed by atoms with Crippen molar-refractivity contribution in [3.63, 3.8) is 0 Å². The molecule has 1 saturated carbocycles. The molecule has 0 saturated heterocycles. The predicted molar refractivity (Wildman–Crippen MR) is 53.8 cm³/mol. The topological polar surface area (TPSA) is 48.1 Å². The second-order valence-electron chi connectivity index (χ2n) is 4.17. The fourth-order valence-corrected chi connectivity index (χ4v) is 2.60. The van der Waals surface area contributed by atoms with Gasteiger partial charge in [0.1, 0.15) is 5.82 Å². The maximum absolute atomic E-state index is 5.79. The number of nitrogen functional groups attached to an aromatic ring is 1. The number of fused-ring (bicyclic) bond motifs is 3. The van der Waals surface area contributed by atoms with Gasteiger partial charge in [-0.3, -0.25) is 0 Å². The minimum absolute atomic E-state index is 0.400. The zero-order valence-electron chi connectivity index (χ0n) is 8.07. The molecule has 1 aliphatic carbocycles. The molecule has 0 aromatic carbocycles. The monoisotopic (exact) mass is 190 g/mol. The summed E-state index contributed by atoms with van der Waals surface area (Å²) in [5.74, 6) is 1.14. The van der Waals surface area contributed by atoms with E-state index in [-0.39, 0.29) is 0 Å². The van der Waals surface area contributed by atoms with Crippen molar-refractivity contribution in [2.45, 2.75) is 37.9 Å². The number of ether oxygens (including phenoxy) is 1. The Kier molecular flexibility index (Phi) is 1.74. The second-order valence-corrected chi connectivity index (χ2v) is 4.17. The molecular weight excluding hydrogens is 176 g/mol. The molecule has 0 unspecified atom stereocenters. The molecule has 1 aromatic rings. The summed E-state index contributed by atoms with van der Waals surface area (Å²) in [6, 6.07) is 3.91. The summed E-state index contributed by atoms with van der Waals surface area (Å²) in [6.07, 6.45) is 4.04. The molecule has 1 aliphatic heterocycles. The van der Waals surface area contributed by atoms with Crippen molar-refractivity contribution in [1.29, 1.82) is 0 Å². The first-order valence-corrected chi connectivity index (χ1v) is 5.21. The van der Waals surface area contributed by atoms with Crippen LogP contribution in [0.5, 0.6) is 0 Å². The van der Waals surface area contributed by atoms with E-state index in [1.807, 2.05) is 12.1 Å². The van der Waals surface area contributed by atoms with Gasteiger partial charge in [0.25, 0.3) is 0 Å². The summed E-state index contributed by atoms with van der Waals surface area (Å²) >= 11 is 0. The van der Waals surface area contributed by atoms with E-state index in [2.05, 4.69) is 4.98 Å². The maximum atomic E-state index is 5.79. The molecular formula is C11H14N2O. The first kappa shape index (κ1) is 8.24. The highest BCUT2D eigenvalue weighted by Gasteiger charge is 2.35. The molecule has 3 nitrogen and oxygen atoms in total. The van der Waals surface area contributed by atoms with Gasteiger partial charge in [-0.15, -0.1) is 0 Å². The van der Waals surface area contributed by atoms with Crippen molar-refractivity contribution in [2.24, 2.45) is 0 Å². The van der Waals surface area contributed by atoms with E-state index >= 15 is 0 Å². The Balaban J connectivity index is 2.07. The molecule has 2 heterocycles. The van der Waals surface area contributed by atoms with E-state index in [0.717, 1.165) is 0 Å². The highest BCUT2D eigenvalue weighted by atomic mass is 16.5. The number of anilines is 1. The molecule has 0 bridgehead atoms. The molecule has 0 amide bonds. The highest BCUT2D eigenvalue weighted by Crippen LogP contribution is 2.41. The van der Waals surface area contributed by atoms with E-state index in [0.29, 0.717) is 24.4 Å². The predicted octanol–water partition coefficient (Wildman–Crippen LogP) is 1.83. The summed E-state index contributed by atoms with van der Waals surface area (Å²) in [7, 11) is 0. The number of nitrogens with two attached hydrogens (primary N) is 1. The molecule has 0 spiro atoms. The molecule has 0 radical (unpaired) electrons. The van der Waals surface area contributed by atoms with Crippen molar-refractivity contribution >= 4 is 5.82 Å². The largest absolute Gasteiger partial charge is 0.384 e. The second kappa shape index (κ2) is 2.95. The summed E-state index contributed by atoms with van der Waals surface area (Å²) < 4.78 is 5.79. The summed E-state index contributed by atoms with van der Waals surface area (Å²) in [6.45, 7) is 0.712. The number of hydrogen-bond acceptors (Lipinski definition) is 3. The Bertz CT molecular complexity index is 364. The zero-order valence-corrected chi connectivity index (χ0v) is 8.07. The average molecular weight is 190 g/mol. The van der Waals surface area contributed by atoms with E-state index in [4.69, 9.17) is 10.5 Å². The van der Waals surface area contributed by atoms with Crippen molar-refractivity contribution in [3.8, 4) is 0 Å². The van der Waals surface area contributed by atoms with Crippen LogP contribution in [0.2, 0.25) is 0 Å². The Morgan fingerprint density at radius 1 is 1.36 bits per heavy atom. The minimum Gasteiger partial charge on any atom is -0.384 e. The third-order valence-electron chi connectivity index (χ3n) is 3.29. The highest BCUT2D eigenvalue weighted by molar-refractivity contribution is 5.37. The molecule has 1 fully saturated rings. The van der Waals surface area contributed by atoms with Crippen molar-refractivity contribution < 1.29 is 4.74 Å². The first-order chi connectivity index (χ1) is 6.84. The van der Waals surface area contributed by atoms with Crippen molar-refractivity contribution in [1.82, 2.24) is 4.98 Å². The van der Waals surface area contributed by atoms with Crippen LogP contribution in [0.15, 0.2) is 12.1 Å². The third-order valence-corrected chi connectivity index (χ3v) is 3.29. The van der Waals surface area contributed by atoms with Crippen LogP contribution in [0.1, 0.15) is 36.4 Å². The van der Waals surface area contributed by atoms with Gasteiger partial charge in [-0.05, 0) is 24.5 Å². The maximum Gasteiger partial charge on any atom is 0.123 e. The lowest BCUT2D eigenvalue weighted by Gasteiger charge is -2.27. The van der Waals surface area contributed by atoms with Gasteiger partial charge >= 0.3 is 0 Å². The summed E-state index contributed by atoms with van der Waals surface area (Å²) in [5.41, 5.74) is 8.13. The van der Waals surface area contributed by atoms with E-state index < -0.39 is 0 Å². The Morgan fingerprint density at radius 3 is 3.21 bits per heavy atom. The van der Waals surface area contributed by atoms with E-state index in [9.17, 15) is 0 Å². The smallest absolute Gasteiger partial charge is 0.123 e. The minimum atomic E-state index is 0.400. The number of nitrogens with zero attached hydrogens (tertiary/aromatic N) is 1. The Labute approximate surface area is 83.3 Å². The molecule has 74 valence electrons. The first-order valence-electron chi connectivity index (χ1n) is 5.21. The molecule has 3 rings (SSSR count). The normalized spacial score (nSPS) is 29.7. The zero-order chi connectivity index (χ0) is 9.54. The standard InChI is InChI=1S/C11H14N2O/c12-10-5-4-7-6-14-9-3-1-2-8(9)11(7)13-10/h4-5,8-9H,1-3,6H2,(H2,12,13)/t8-,9+/m1/s1. The van der Waals surface area contributed by atoms with Crippen LogP contribution in [0.3, 0.4) is 0 Å². The number of pyridine rings is 1. The van der Waals surface area contributed by atoms with Gasteiger partial charge in [-0.2, -0.15) is 0 Å². The van der Waals surface area contributed by atoms with Gasteiger partial charge < -0.3 is 10.5 Å². The van der Waals surface area contributed by atoms with Crippen LogP contribution in [-0.4, -0.2) is 11.1 Å². The Hall–Kier alpha value is -1.09. The lowest BCUT2D eigenvalue weighted by Crippen LogP contribution is -2.24. The molecule has 2 aliphatic rings. The number of rotatable bonds is 0. The lowest BCUT2D eigenvalue weighted by atomic mass is 9.94. The van der Waals surface area contributed by atoms with Crippen LogP contribution in [0.4, 0.5) is 5.82 Å². The van der Waals surface area contributed by atoms with Crippen LogP contribution in [0, 0.1) is 0 Å². The molecule has 1 aromatic heterocycles. The van der Waals surface area contributed by atoms with Crippen molar-refractivity contribution in [3.05, 3.63) is 23.4 Å². The van der Waals surface area contributed by atoms with Gasteiger partial charge in [-0.1, -0.05) is 12.5 Å². The molecule has 2 N–H and O–H groups in total. The van der Waals surface area contributed by atoms with Crippen LogP contribution in [0.25, 0.3) is 0 Å². The third kappa shape index (κ3) is 1.12. The number of hydrogen-bond donors (Lipinski definition) is 1. The van der Waals surface area contributed by atoms with E-state index in [1.165, 1.54) is 30.5 Å². The molecule has 2 atom stereocenters.